The van der Waals surface area contributed by atoms with Crippen molar-refractivity contribution >= 4 is 42.2 Å². The molecular formula is C9H15N5O4S3. The van der Waals surface area contributed by atoms with Crippen LogP contribution in [0.25, 0.3) is 4.96 Å². The molecule has 21 heavy (non-hydrogen) atoms. The van der Waals surface area contributed by atoms with Crippen LogP contribution in [0.3, 0.4) is 0 Å². The first-order valence-electron chi connectivity index (χ1n) is 5.85. The molecule has 0 atom stereocenters. The second-order valence-electron chi connectivity index (χ2n) is 3.99. The van der Waals surface area contributed by atoms with Crippen LogP contribution >= 0.6 is 11.3 Å². The molecule has 0 spiro atoms. The monoisotopic (exact) mass is 353 g/mol. The largest absolute Gasteiger partial charge is 0.371 e. The zero-order chi connectivity index (χ0) is 15.7. The molecule has 0 aliphatic rings. The van der Waals surface area contributed by atoms with E-state index in [9.17, 15) is 16.8 Å². The molecule has 0 saturated carbocycles. The first-order valence-corrected chi connectivity index (χ1v) is 9.86. The molecule has 0 aromatic carbocycles. The Bertz CT molecular complexity index is 836. The van der Waals surface area contributed by atoms with E-state index in [1.165, 1.54) is 22.8 Å². The first-order chi connectivity index (χ1) is 9.80. The fraction of sp³-hybridized carbons (Fsp3) is 0.444. The van der Waals surface area contributed by atoms with Crippen LogP contribution in [0.4, 0.5) is 5.82 Å². The van der Waals surface area contributed by atoms with Crippen LogP contribution in [0.2, 0.25) is 0 Å². The van der Waals surface area contributed by atoms with E-state index in [0.717, 1.165) is 0 Å². The van der Waals surface area contributed by atoms with Gasteiger partial charge in [0.2, 0.25) is 10.0 Å². The van der Waals surface area contributed by atoms with Crippen LogP contribution < -0.4 is 14.8 Å². The summed E-state index contributed by atoms with van der Waals surface area (Å²) in [5.41, 5.74) is 0. The highest BCUT2D eigenvalue weighted by Gasteiger charge is 2.25. The van der Waals surface area contributed by atoms with Crippen molar-refractivity contribution in [2.75, 3.05) is 31.7 Å². The van der Waals surface area contributed by atoms with Gasteiger partial charge in [-0.1, -0.05) is 0 Å². The van der Waals surface area contributed by atoms with Crippen molar-refractivity contribution in [3.63, 3.8) is 0 Å². The first kappa shape index (κ1) is 16.2. The molecule has 2 aromatic heterocycles. The van der Waals surface area contributed by atoms with Crippen molar-refractivity contribution in [2.24, 2.45) is 0 Å². The van der Waals surface area contributed by atoms with Crippen molar-refractivity contribution < 1.29 is 16.8 Å². The Morgan fingerprint density at radius 1 is 1.29 bits per heavy atom. The van der Waals surface area contributed by atoms with Gasteiger partial charge in [0.1, 0.15) is 0 Å². The molecule has 0 radical (unpaired) electrons. The summed E-state index contributed by atoms with van der Waals surface area (Å²) in [4.78, 5) is 4.68. The Morgan fingerprint density at radius 3 is 2.62 bits per heavy atom. The highest BCUT2D eigenvalue weighted by atomic mass is 32.2. The molecule has 0 saturated heterocycles. The van der Waals surface area contributed by atoms with E-state index in [1.807, 2.05) is 0 Å². The average molecular weight is 353 g/mol. The van der Waals surface area contributed by atoms with Gasteiger partial charge in [-0.3, -0.25) is 4.40 Å². The Labute approximate surface area is 126 Å². The predicted molar refractivity (Wildman–Crippen MR) is 80.7 cm³/mol. The molecule has 0 fully saturated rings. The van der Waals surface area contributed by atoms with E-state index in [1.54, 1.807) is 18.6 Å². The molecule has 118 valence electrons. The van der Waals surface area contributed by atoms with Crippen molar-refractivity contribution in [1.82, 2.24) is 18.8 Å². The summed E-state index contributed by atoms with van der Waals surface area (Å²) in [6.45, 7) is -0.230. The van der Waals surface area contributed by atoms with Crippen LogP contribution in [0.15, 0.2) is 16.6 Å². The van der Waals surface area contributed by atoms with Gasteiger partial charge in [0.15, 0.2) is 15.8 Å². The number of nitrogens with zero attached hydrogens (tertiary/aromatic N) is 2. The highest BCUT2D eigenvalue weighted by Crippen LogP contribution is 2.24. The lowest BCUT2D eigenvalue weighted by Crippen LogP contribution is -2.33. The van der Waals surface area contributed by atoms with E-state index in [-0.39, 0.29) is 23.1 Å². The summed E-state index contributed by atoms with van der Waals surface area (Å²) in [5, 5.41) is 4.40. The van der Waals surface area contributed by atoms with Crippen molar-refractivity contribution in [3.05, 3.63) is 11.6 Å². The number of hydrogen-bond acceptors (Lipinski definition) is 7. The van der Waals surface area contributed by atoms with E-state index in [2.05, 4.69) is 19.7 Å². The number of nitrogens with one attached hydrogen (secondary N) is 3. The third-order valence-corrected chi connectivity index (χ3v) is 6.29. The predicted octanol–water partition coefficient (Wildman–Crippen LogP) is -0.735. The fourth-order valence-electron chi connectivity index (χ4n) is 1.67. The number of imidazole rings is 1. The van der Waals surface area contributed by atoms with Crippen molar-refractivity contribution in [3.8, 4) is 0 Å². The second kappa shape index (κ2) is 5.88. The summed E-state index contributed by atoms with van der Waals surface area (Å²) < 4.78 is 53.1. The smallest absolute Gasteiger partial charge is 0.260 e. The normalized spacial score (nSPS) is 12.9. The van der Waals surface area contributed by atoms with Gasteiger partial charge < -0.3 is 5.32 Å². The Balaban J connectivity index is 2.27. The van der Waals surface area contributed by atoms with Gasteiger partial charge in [-0.15, -0.1) is 11.3 Å². The van der Waals surface area contributed by atoms with Gasteiger partial charge in [-0.2, -0.15) is 0 Å². The molecular weight excluding hydrogens is 338 g/mol. The molecule has 3 N–H and O–H groups in total. The number of sulfonamides is 2. The van der Waals surface area contributed by atoms with Gasteiger partial charge in [0.05, 0.1) is 5.75 Å². The quantitative estimate of drug-likeness (QED) is 0.603. The topological polar surface area (TPSA) is 122 Å². The Morgan fingerprint density at radius 2 is 2.00 bits per heavy atom. The van der Waals surface area contributed by atoms with E-state index < -0.39 is 20.0 Å². The lowest BCUT2D eigenvalue weighted by atomic mass is 10.7. The second-order valence-corrected chi connectivity index (χ2v) is 8.59. The molecule has 0 aliphatic carbocycles. The minimum Gasteiger partial charge on any atom is -0.371 e. The molecule has 12 heteroatoms. The van der Waals surface area contributed by atoms with E-state index in [0.29, 0.717) is 4.96 Å². The van der Waals surface area contributed by atoms with Crippen LogP contribution in [-0.2, 0) is 20.0 Å². The molecule has 2 rings (SSSR count). The van der Waals surface area contributed by atoms with Crippen molar-refractivity contribution in [1.29, 1.82) is 0 Å². The standard InChI is InChI=1S/C9H15N5O4S3/c1-10-7-8(14-4-5-19-9(14)13-7)21(17,18)12-3-6-20(15,16)11-2/h4-5,10-12H,3,6H2,1-2H3. The molecule has 9 nitrogen and oxygen atoms in total. The van der Waals surface area contributed by atoms with Crippen LogP contribution in [-0.4, -0.2) is 52.6 Å². The van der Waals surface area contributed by atoms with E-state index >= 15 is 0 Å². The molecule has 0 aliphatic heterocycles. The summed E-state index contributed by atoms with van der Waals surface area (Å²) in [5.74, 6) is -0.130. The number of aromatic nitrogens is 2. The number of rotatable bonds is 7. The van der Waals surface area contributed by atoms with Crippen molar-refractivity contribution in [2.45, 2.75) is 5.03 Å². The third-order valence-electron chi connectivity index (χ3n) is 2.68. The summed E-state index contributed by atoms with van der Waals surface area (Å²) in [7, 11) is -4.52. The number of anilines is 1. The Kier molecular flexibility index (Phi) is 4.53. The molecule has 2 aromatic rings. The lowest BCUT2D eigenvalue weighted by Gasteiger charge is -2.07. The number of fused-ring (bicyclic) bond motifs is 1. The van der Waals surface area contributed by atoms with Crippen LogP contribution in [0, 0.1) is 0 Å². The number of hydrogen-bond donors (Lipinski definition) is 3. The summed E-state index contributed by atoms with van der Waals surface area (Å²) >= 11 is 1.30. The molecule has 0 bridgehead atoms. The minimum atomic E-state index is -3.88. The maximum absolute atomic E-state index is 12.3. The lowest BCUT2D eigenvalue weighted by molar-refractivity contribution is 0.575. The maximum Gasteiger partial charge on any atom is 0.260 e. The third kappa shape index (κ3) is 3.35. The highest BCUT2D eigenvalue weighted by molar-refractivity contribution is 7.90. The van der Waals surface area contributed by atoms with Gasteiger partial charge in [-0.25, -0.2) is 31.3 Å². The van der Waals surface area contributed by atoms with Gasteiger partial charge in [-0.05, 0) is 7.05 Å². The minimum absolute atomic E-state index is 0.0388. The zero-order valence-electron chi connectivity index (χ0n) is 11.3. The van der Waals surface area contributed by atoms with E-state index in [4.69, 9.17) is 0 Å². The fourth-order valence-corrected chi connectivity index (χ4v) is 4.46. The summed E-state index contributed by atoms with van der Waals surface area (Å²) in [6.07, 6.45) is 1.59. The number of thiazole rings is 1. The SMILES string of the molecule is CNc1nc2sccn2c1S(=O)(=O)NCCS(=O)(=O)NC. The maximum atomic E-state index is 12.3. The Hall–Kier alpha value is -1.21. The van der Waals surface area contributed by atoms with Gasteiger partial charge in [0, 0.05) is 25.2 Å². The average Bonchev–Trinajstić information content (AvgIpc) is 2.97. The van der Waals surface area contributed by atoms with Crippen LogP contribution in [0.5, 0.6) is 0 Å². The molecule has 0 amide bonds. The zero-order valence-corrected chi connectivity index (χ0v) is 13.8. The molecule has 0 unspecified atom stereocenters. The van der Waals surface area contributed by atoms with Gasteiger partial charge in [0.25, 0.3) is 10.0 Å². The van der Waals surface area contributed by atoms with Crippen LogP contribution in [0.1, 0.15) is 0 Å². The van der Waals surface area contributed by atoms with Gasteiger partial charge >= 0.3 is 0 Å². The molecule has 2 heterocycles. The summed E-state index contributed by atoms with van der Waals surface area (Å²) in [6, 6.07) is 0.